The minimum absolute atomic E-state index is 0.186. The normalized spacial score (nSPS) is 10.9. The maximum absolute atomic E-state index is 12.6. The van der Waals surface area contributed by atoms with Crippen LogP contribution in [0.4, 0.5) is 5.69 Å². The van der Waals surface area contributed by atoms with Crippen LogP contribution >= 0.6 is 0 Å². The summed E-state index contributed by atoms with van der Waals surface area (Å²) in [6.45, 7) is 6.86. The second-order valence-corrected chi connectivity index (χ2v) is 7.33. The standard InChI is InChI=1S/C25H24N2O3/c1-4-13-29-21-10-7-18(8-11-21)24(28)26-20-9-12-23-22(15-20)27-25(30-23)19-6-5-16(2)17(3)14-19/h5-12,14-15H,4,13H2,1-3H3,(H,26,28). The summed E-state index contributed by atoms with van der Waals surface area (Å²) < 4.78 is 11.5. The van der Waals surface area contributed by atoms with Gasteiger partial charge in [-0.25, -0.2) is 4.98 Å². The summed E-state index contributed by atoms with van der Waals surface area (Å²) >= 11 is 0. The number of carbonyl (C=O) groups is 1. The van der Waals surface area contributed by atoms with Crippen LogP contribution in [-0.2, 0) is 0 Å². The molecule has 0 fully saturated rings. The van der Waals surface area contributed by atoms with E-state index in [2.05, 4.69) is 43.2 Å². The zero-order chi connectivity index (χ0) is 21.1. The van der Waals surface area contributed by atoms with Crippen molar-refractivity contribution in [3.05, 3.63) is 77.4 Å². The molecule has 1 amide bonds. The molecule has 0 atom stereocenters. The number of benzene rings is 3. The molecule has 0 aliphatic carbocycles. The average molecular weight is 400 g/mol. The van der Waals surface area contributed by atoms with Gasteiger partial charge < -0.3 is 14.5 Å². The summed E-state index contributed by atoms with van der Waals surface area (Å²) in [4.78, 5) is 17.2. The number of rotatable bonds is 6. The Balaban J connectivity index is 1.52. The quantitative estimate of drug-likeness (QED) is 0.421. The van der Waals surface area contributed by atoms with Crippen molar-refractivity contribution in [2.24, 2.45) is 0 Å². The van der Waals surface area contributed by atoms with Crippen LogP contribution in [0.2, 0.25) is 0 Å². The van der Waals surface area contributed by atoms with Crippen molar-refractivity contribution in [1.29, 1.82) is 0 Å². The van der Waals surface area contributed by atoms with Gasteiger partial charge in [0.05, 0.1) is 6.61 Å². The lowest BCUT2D eigenvalue weighted by Gasteiger charge is -2.07. The number of ether oxygens (including phenoxy) is 1. The van der Waals surface area contributed by atoms with Crippen LogP contribution in [0.15, 0.2) is 65.1 Å². The number of aromatic nitrogens is 1. The highest BCUT2D eigenvalue weighted by molar-refractivity contribution is 6.05. The van der Waals surface area contributed by atoms with Crippen molar-refractivity contribution in [1.82, 2.24) is 4.98 Å². The smallest absolute Gasteiger partial charge is 0.255 e. The first-order valence-electron chi connectivity index (χ1n) is 10.1. The molecular weight excluding hydrogens is 376 g/mol. The van der Waals surface area contributed by atoms with E-state index in [1.807, 2.05) is 24.3 Å². The fourth-order valence-corrected chi connectivity index (χ4v) is 3.13. The fraction of sp³-hybridized carbons (Fsp3) is 0.200. The van der Waals surface area contributed by atoms with E-state index in [9.17, 15) is 4.79 Å². The van der Waals surface area contributed by atoms with Crippen molar-refractivity contribution < 1.29 is 13.9 Å². The third-order valence-electron chi connectivity index (χ3n) is 4.99. The van der Waals surface area contributed by atoms with E-state index in [4.69, 9.17) is 9.15 Å². The van der Waals surface area contributed by atoms with Gasteiger partial charge in [-0.05, 0) is 86.0 Å². The van der Waals surface area contributed by atoms with Crippen LogP contribution in [0.1, 0.15) is 34.8 Å². The lowest BCUT2D eigenvalue weighted by Crippen LogP contribution is -2.11. The van der Waals surface area contributed by atoms with Crippen molar-refractivity contribution in [2.45, 2.75) is 27.2 Å². The van der Waals surface area contributed by atoms with Gasteiger partial charge >= 0.3 is 0 Å². The van der Waals surface area contributed by atoms with Crippen LogP contribution in [0.3, 0.4) is 0 Å². The van der Waals surface area contributed by atoms with Crippen molar-refractivity contribution in [2.75, 3.05) is 11.9 Å². The maximum atomic E-state index is 12.6. The third-order valence-corrected chi connectivity index (χ3v) is 4.99. The Kier molecular flexibility index (Phi) is 5.53. The predicted molar refractivity (Wildman–Crippen MR) is 119 cm³/mol. The molecule has 0 aliphatic rings. The van der Waals surface area contributed by atoms with Gasteiger partial charge in [-0.3, -0.25) is 4.79 Å². The molecule has 0 aliphatic heterocycles. The first-order valence-corrected chi connectivity index (χ1v) is 10.1. The molecule has 30 heavy (non-hydrogen) atoms. The molecule has 0 saturated carbocycles. The first-order chi connectivity index (χ1) is 14.5. The van der Waals surface area contributed by atoms with Gasteiger partial charge in [-0.15, -0.1) is 0 Å². The summed E-state index contributed by atoms with van der Waals surface area (Å²) in [6.07, 6.45) is 0.942. The van der Waals surface area contributed by atoms with Gasteiger partial charge in [0.2, 0.25) is 5.89 Å². The average Bonchev–Trinajstić information content (AvgIpc) is 3.18. The molecule has 5 nitrogen and oxygen atoms in total. The number of aryl methyl sites for hydroxylation is 2. The van der Waals surface area contributed by atoms with Gasteiger partial charge in [-0.2, -0.15) is 0 Å². The Morgan fingerprint density at radius 1 is 1.00 bits per heavy atom. The molecule has 4 aromatic rings. The number of nitrogens with zero attached hydrogens (tertiary/aromatic N) is 1. The molecule has 152 valence electrons. The fourth-order valence-electron chi connectivity index (χ4n) is 3.13. The summed E-state index contributed by atoms with van der Waals surface area (Å²) in [6, 6.07) is 18.7. The number of oxazole rings is 1. The molecular formula is C25H24N2O3. The molecule has 1 heterocycles. The second kappa shape index (κ2) is 8.41. The molecule has 0 spiro atoms. The lowest BCUT2D eigenvalue weighted by atomic mass is 10.1. The molecule has 0 saturated heterocycles. The number of hydrogen-bond acceptors (Lipinski definition) is 4. The molecule has 5 heteroatoms. The minimum atomic E-state index is -0.186. The molecule has 0 bridgehead atoms. The van der Waals surface area contributed by atoms with E-state index in [0.29, 0.717) is 34.8 Å². The SMILES string of the molecule is CCCOc1ccc(C(=O)Nc2ccc3oc(-c4ccc(C)c(C)c4)nc3c2)cc1. The highest BCUT2D eigenvalue weighted by atomic mass is 16.5. The predicted octanol–water partition coefficient (Wildman–Crippen LogP) is 6.15. The summed E-state index contributed by atoms with van der Waals surface area (Å²) in [7, 11) is 0. The van der Waals surface area contributed by atoms with Gasteiger partial charge in [-0.1, -0.05) is 13.0 Å². The Labute approximate surface area is 175 Å². The van der Waals surface area contributed by atoms with E-state index in [0.717, 1.165) is 17.7 Å². The Morgan fingerprint density at radius 3 is 2.53 bits per heavy atom. The van der Waals surface area contributed by atoms with E-state index in [1.165, 1.54) is 11.1 Å². The number of anilines is 1. The van der Waals surface area contributed by atoms with E-state index in [1.54, 1.807) is 24.3 Å². The summed E-state index contributed by atoms with van der Waals surface area (Å²) in [5, 5.41) is 2.92. The van der Waals surface area contributed by atoms with Crippen LogP contribution in [-0.4, -0.2) is 17.5 Å². The third kappa shape index (κ3) is 4.20. The first kappa shape index (κ1) is 19.7. The van der Waals surface area contributed by atoms with Crippen LogP contribution in [0.5, 0.6) is 5.75 Å². The van der Waals surface area contributed by atoms with Crippen LogP contribution in [0, 0.1) is 13.8 Å². The largest absolute Gasteiger partial charge is 0.494 e. The van der Waals surface area contributed by atoms with Gasteiger partial charge in [0.1, 0.15) is 11.3 Å². The minimum Gasteiger partial charge on any atom is -0.494 e. The second-order valence-electron chi connectivity index (χ2n) is 7.33. The Bertz CT molecular complexity index is 1190. The van der Waals surface area contributed by atoms with E-state index in [-0.39, 0.29) is 5.91 Å². The van der Waals surface area contributed by atoms with Gasteiger partial charge in [0.15, 0.2) is 5.58 Å². The van der Waals surface area contributed by atoms with Crippen molar-refractivity contribution in [3.8, 4) is 17.2 Å². The van der Waals surface area contributed by atoms with Crippen molar-refractivity contribution in [3.63, 3.8) is 0 Å². The molecule has 3 aromatic carbocycles. The monoisotopic (exact) mass is 400 g/mol. The van der Waals surface area contributed by atoms with Gasteiger partial charge in [0, 0.05) is 16.8 Å². The number of amides is 1. The zero-order valence-corrected chi connectivity index (χ0v) is 17.4. The lowest BCUT2D eigenvalue weighted by molar-refractivity contribution is 0.102. The molecule has 0 radical (unpaired) electrons. The zero-order valence-electron chi connectivity index (χ0n) is 17.4. The van der Waals surface area contributed by atoms with Crippen LogP contribution in [0.25, 0.3) is 22.6 Å². The van der Waals surface area contributed by atoms with Crippen LogP contribution < -0.4 is 10.1 Å². The number of nitrogens with one attached hydrogen (secondary N) is 1. The van der Waals surface area contributed by atoms with E-state index >= 15 is 0 Å². The molecule has 4 rings (SSSR count). The summed E-state index contributed by atoms with van der Waals surface area (Å²) in [5.74, 6) is 1.14. The number of fused-ring (bicyclic) bond motifs is 1. The molecule has 1 aromatic heterocycles. The number of carbonyl (C=O) groups excluding carboxylic acids is 1. The van der Waals surface area contributed by atoms with E-state index < -0.39 is 0 Å². The topological polar surface area (TPSA) is 64.4 Å². The highest BCUT2D eigenvalue weighted by Crippen LogP contribution is 2.27. The maximum Gasteiger partial charge on any atom is 0.255 e. The van der Waals surface area contributed by atoms with Crippen molar-refractivity contribution >= 4 is 22.7 Å². The Hall–Kier alpha value is -3.60. The number of hydrogen-bond donors (Lipinski definition) is 1. The Morgan fingerprint density at radius 2 is 1.80 bits per heavy atom. The molecule has 0 unspecified atom stereocenters. The summed E-state index contributed by atoms with van der Waals surface area (Å²) in [5.41, 5.74) is 5.96. The van der Waals surface area contributed by atoms with Gasteiger partial charge in [0.25, 0.3) is 5.91 Å². The highest BCUT2D eigenvalue weighted by Gasteiger charge is 2.12. The molecule has 1 N–H and O–H groups in total.